The van der Waals surface area contributed by atoms with Gasteiger partial charge < -0.3 is 10.4 Å². The molecule has 0 aliphatic heterocycles. The van der Waals surface area contributed by atoms with Gasteiger partial charge in [0.1, 0.15) is 0 Å². The highest BCUT2D eigenvalue weighted by Crippen LogP contribution is 2.09. The van der Waals surface area contributed by atoms with Crippen molar-refractivity contribution in [2.45, 2.75) is 26.4 Å². The van der Waals surface area contributed by atoms with Crippen LogP contribution in [0, 0.1) is 9.49 Å². The summed E-state index contributed by atoms with van der Waals surface area (Å²) in [7, 11) is 0. The Morgan fingerprint density at radius 3 is 2.82 bits per heavy atom. The number of benzene rings is 1. The van der Waals surface area contributed by atoms with Gasteiger partial charge in [0.2, 0.25) is 0 Å². The molecule has 1 aromatic rings. The summed E-state index contributed by atoms with van der Waals surface area (Å²) in [5, 5.41) is 12.5. The van der Waals surface area contributed by atoms with Crippen molar-refractivity contribution in [3.63, 3.8) is 0 Å². The van der Waals surface area contributed by atoms with Gasteiger partial charge in [-0.1, -0.05) is 26.3 Å². The van der Waals surface area contributed by atoms with Crippen LogP contribution < -0.4 is 5.32 Å². The lowest BCUT2D eigenvalue weighted by atomic mass is 10.0. The Kier molecular flexibility index (Phi) is 5.91. The van der Waals surface area contributed by atoms with E-state index in [1.807, 2.05) is 32.0 Å². The number of aliphatic hydroxyl groups excluding tert-OH is 1. The van der Waals surface area contributed by atoms with Crippen LogP contribution in [0.2, 0.25) is 0 Å². The summed E-state index contributed by atoms with van der Waals surface area (Å²) < 4.78 is 1.03. The first-order chi connectivity index (χ1) is 8.04. The van der Waals surface area contributed by atoms with Crippen LogP contribution >= 0.6 is 22.6 Å². The van der Waals surface area contributed by atoms with Crippen LogP contribution in [0.4, 0.5) is 0 Å². The van der Waals surface area contributed by atoms with Crippen molar-refractivity contribution < 1.29 is 9.90 Å². The normalized spacial score (nSPS) is 14.1. The third kappa shape index (κ3) is 4.63. The maximum Gasteiger partial charge on any atom is 0.251 e. The van der Waals surface area contributed by atoms with E-state index in [1.54, 1.807) is 6.07 Å². The highest BCUT2D eigenvalue weighted by Gasteiger charge is 2.13. The minimum Gasteiger partial charge on any atom is -0.391 e. The number of carbonyl (C=O) groups excluding carboxylic acids is 1. The van der Waals surface area contributed by atoms with Crippen LogP contribution in [0.25, 0.3) is 0 Å². The molecule has 1 aromatic carbocycles. The zero-order valence-electron chi connectivity index (χ0n) is 10.1. The van der Waals surface area contributed by atoms with E-state index in [0.29, 0.717) is 12.1 Å². The van der Waals surface area contributed by atoms with Gasteiger partial charge in [-0.2, -0.15) is 0 Å². The highest BCUT2D eigenvalue weighted by molar-refractivity contribution is 14.1. The molecule has 0 heterocycles. The summed E-state index contributed by atoms with van der Waals surface area (Å²) >= 11 is 2.17. The third-order valence-corrected chi connectivity index (χ3v) is 3.53. The van der Waals surface area contributed by atoms with Gasteiger partial charge in [-0.15, -0.1) is 0 Å². The fourth-order valence-corrected chi connectivity index (χ4v) is 1.95. The third-order valence-electron chi connectivity index (χ3n) is 2.86. The van der Waals surface area contributed by atoms with Crippen molar-refractivity contribution in [2.24, 2.45) is 5.92 Å². The first kappa shape index (κ1) is 14.4. The summed E-state index contributed by atoms with van der Waals surface area (Å²) in [4.78, 5) is 11.8. The van der Waals surface area contributed by atoms with Gasteiger partial charge in [0.05, 0.1) is 6.10 Å². The smallest absolute Gasteiger partial charge is 0.251 e. The maximum absolute atomic E-state index is 11.8. The molecule has 1 rings (SSSR count). The molecular weight excluding hydrogens is 329 g/mol. The number of carbonyl (C=O) groups is 1. The second-order valence-electron chi connectivity index (χ2n) is 4.17. The molecule has 2 unspecified atom stereocenters. The van der Waals surface area contributed by atoms with Crippen molar-refractivity contribution in [3.8, 4) is 0 Å². The summed E-state index contributed by atoms with van der Waals surface area (Å²) in [6.07, 6.45) is 0.423. The van der Waals surface area contributed by atoms with Gasteiger partial charge in [-0.25, -0.2) is 0 Å². The largest absolute Gasteiger partial charge is 0.391 e. The Balaban J connectivity index is 2.50. The van der Waals surface area contributed by atoms with Crippen molar-refractivity contribution in [2.75, 3.05) is 6.54 Å². The van der Waals surface area contributed by atoms with Gasteiger partial charge in [-0.3, -0.25) is 4.79 Å². The summed E-state index contributed by atoms with van der Waals surface area (Å²) in [6, 6.07) is 7.38. The monoisotopic (exact) mass is 347 g/mol. The average Bonchev–Trinajstić information content (AvgIpc) is 2.34. The minimum absolute atomic E-state index is 0.133. The van der Waals surface area contributed by atoms with E-state index in [0.717, 1.165) is 9.99 Å². The Morgan fingerprint density at radius 2 is 2.24 bits per heavy atom. The molecule has 94 valence electrons. The van der Waals surface area contributed by atoms with Crippen LogP contribution in [0.3, 0.4) is 0 Å². The summed E-state index contributed by atoms with van der Waals surface area (Å²) in [5.74, 6) is 0.0667. The number of hydrogen-bond acceptors (Lipinski definition) is 2. The lowest BCUT2D eigenvalue weighted by Gasteiger charge is -2.17. The molecule has 3 nitrogen and oxygen atoms in total. The molecule has 0 fully saturated rings. The number of halogens is 1. The number of rotatable bonds is 5. The van der Waals surface area contributed by atoms with E-state index in [2.05, 4.69) is 27.9 Å². The van der Waals surface area contributed by atoms with E-state index in [-0.39, 0.29) is 11.8 Å². The van der Waals surface area contributed by atoms with Crippen molar-refractivity contribution in [1.82, 2.24) is 5.32 Å². The fourth-order valence-electron chi connectivity index (χ4n) is 1.40. The van der Waals surface area contributed by atoms with E-state index in [1.165, 1.54) is 0 Å². The molecule has 0 radical (unpaired) electrons. The van der Waals surface area contributed by atoms with Gasteiger partial charge in [0, 0.05) is 15.7 Å². The Bertz CT molecular complexity index is 381. The van der Waals surface area contributed by atoms with E-state index < -0.39 is 6.10 Å². The summed E-state index contributed by atoms with van der Waals surface area (Å²) in [6.45, 7) is 4.30. The van der Waals surface area contributed by atoms with Gasteiger partial charge >= 0.3 is 0 Å². The number of aliphatic hydroxyl groups is 1. The second kappa shape index (κ2) is 6.96. The molecule has 0 aromatic heterocycles. The highest BCUT2D eigenvalue weighted by atomic mass is 127. The molecule has 0 spiro atoms. The lowest BCUT2D eigenvalue weighted by molar-refractivity contribution is 0.0850. The molecular formula is C13H18INO2. The van der Waals surface area contributed by atoms with E-state index >= 15 is 0 Å². The first-order valence-electron chi connectivity index (χ1n) is 5.76. The van der Waals surface area contributed by atoms with Gasteiger partial charge in [0.25, 0.3) is 5.91 Å². The van der Waals surface area contributed by atoms with E-state index in [9.17, 15) is 9.90 Å². The van der Waals surface area contributed by atoms with E-state index in [4.69, 9.17) is 0 Å². The Labute approximate surface area is 116 Å². The Hall–Kier alpha value is -0.620. The average molecular weight is 347 g/mol. The molecule has 2 N–H and O–H groups in total. The molecule has 2 atom stereocenters. The quantitative estimate of drug-likeness (QED) is 0.804. The summed E-state index contributed by atoms with van der Waals surface area (Å²) in [5.41, 5.74) is 0.633. The SMILES string of the molecule is CCC(C)C(O)CNC(=O)c1cccc(I)c1. The molecule has 0 aliphatic rings. The van der Waals surface area contributed by atoms with Crippen molar-refractivity contribution >= 4 is 28.5 Å². The van der Waals surface area contributed by atoms with Gasteiger partial charge in [0.15, 0.2) is 0 Å². The van der Waals surface area contributed by atoms with Crippen LogP contribution in [0.1, 0.15) is 30.6 Å². The van der Waals surface area contributed by atoms with Crippen LogP contribution in [-0.2, 0) is 0 Å². The van der Waals surface area contributed by atoms with Gasteiger partial charge in [-0.05, 0) is 46.7 Å². The minimum atomic E-state index is -0.480. The van der Waals surface area contributed by atoms with Crippen LogP contribution in [0.5, 0.6) is 0 Å². The van der Waals surface area contributed by atoms with Crippen LogP contribution in [-0.4, -0.2) is 23.7 Å². The predicted octanol–water partition coefficient (Wildman–Crippen LogP) is 2.43. The standard InChI is InChI=1S/C13H18INO2/c1-3-9(2)12(16)8-15-13(17)10-5-4-6-11(14)7-10/h4-7,9,12,16H,3,8H2,1-2H3,(H,15,17). The first-order valence-corrected chi connectivity index (χ1v) is 6.84. The second-order valence-corrected chi connectivity index (χ2v) is 5.42. The lowest BCUT2D eigenvalue weighted by Crippen LogP contribution is -2.35. The molecule has 0 saturated heterocycles. The zero-order chi connectivity index (χ0) is 12.8. The van der Waals surface area contributed by atoms with Crippen molar-refractivity contribution in [1.29, 1.82) is 0 Å². The molecule has 0 aliphatic carbocycles. The number of hydrogen-bond donors (Lipinski definition) is 2. The number of nitrogens with one attached hydrogen (secondary N) is 1. The maximum atomic E-state index is 11.8. The molecule has 0 saturated carbocycles. The fraction of sp³-hybridized carbons (Fsp3) is 0.462. The molecule has 17 heavy (non-hydrogen) atoms. The van der Waals surface area contributed by atoms with Crippen LogP contribution in [0.15, 0.2) is 24.3 Å². The number of amides is 1. The zero-order valence-corrected chi connectivity index (χ0v) is 12.3. The van der Waals surface area contributed by atoms with Crippen molar-refractivity contribution in [3.05, 3.63) is 33.4 Å². The molecule has 1 amide bonds. The molecule has 4 heteroatoms. The predicted molar refractivity (Wildman–Crippen MR) is 77.0 cm³/mol. The molecule has 0 bridgehead atoms. The Morgan fingerprint density at radius 1 is 1.53 bits per heavy atom. The topological polar surface area (TPSA) is 49.3 Å².